The summed E-state index contributed by atoms with van der Waals surface area (Å²) in [5.41, 5.74) is 3.41. The smallest absolute Gasteiger partial charge is 0.191 e. The molecule has 164 valence electrons. The Morgan fingerprint density at radius 3 is 2.37 bits per heavy atom. The van der Waals surface area contributed by atoms with Crippen molar-refractivity contribution in [3.05, 3.63) is 53.1 Å². The number of aryl methyl sites for hydroxylation is 1. The first-order chi connectivity index (χ1) is 14.1. The first kappa shape index (κ1) is 24.1. The van der Waals surface area contributed by atoms with E-state index in [2.05, 4.69) is 40.7 Å². The Kier molecular flexibility index (Phi) is 9.55. The molecular formula is C23H32IN3O3. The summed E-state index contributed by atoms with van der Waals surface area (Å²) in [5, 5.41) is 6.71. The monoisotopic (exact) mass is 525 g/mol. The van der Waals surface area contributed by atoms with Crippen molar-refractivity contribution in [1.29, 1.82) is 0 Å². The first-order valence-electron chi connectivity index (χ1n) is 10.0. The van der Waals surface area contributed by atoms with Gasteiger partial charge in [-0.25, -0.2) is 0 Å². The van der Waals surface area contributed by atoms with Gasteiger partial charge in [0.2, 0.25) is 0 Å². The van der Waals surface area contributed by atoms with Crippen LogP contribution in [0.1, 0.15) is 29.5 Å². The predicted octanol–water partition coefficient (Wildman–Crippen LogP) is 4.28. The van der Waals surface area contributed by atoms with Crippen molar-refractivity contribution in [2.45, 2.75) is 32.9 Å². The fourth-order valence-corrected chi connectivity index (χ4v) is 3.01. The average Bonchev–Trinajstić information content (AvgIpc) is 3.57. The highest BCUT2D eigenvalue weighted by molar-refractivity contribution is 14.0. The maximum Gasteiger partial charge on any atom is 0.191 e. The number of rotatable bonds is 9. The molecule has 2 N–H and O–H groups in total. The second kappa shape index (κ2) is 11.9. The SMILES string of the molecule is CN=C(NCc1ccc(OC)c(OC)c1)NCc1ccc(C)cc1OCC1CC1.I. The van der Waals surface area contributed by atoms with Crippen molar-refractivity contribution in [2.75, 3.05) is 27.9 Å². The minimum absolute atomic E-state index is 0. The number of hydrogen-bond acceptors (Lipinski definition) is 4. The molecule has 2 aromatic rings. The van der Waals surface area contributed by atoms with Gasteiger partial charge >= 0.3 is 0 Å². The Morgan fingerprint density at radius 2 is 1.70 bits per heavy atom. The van der Waals surface area contributed by atoms with Gasteiger partial charge in [-0.1, -0.05) is 18.2 Å². The highest BCUT2D eigenvalue weighted by Gasteiger charge is 2.22. The fraction of sp³-hybridized carbons (Fsp3) is 0.435. The lowest BCUT2D eigenvalue weighted by Gasteiger charge is -2.16. The fourth-order valence-electron chi connectivity index (χ4n) is 3.01. The van der Waals surface area contributed by atoms with E-state index in [9.17, 15) is 0 Å². The Labute approximate surface area is 196 Å². The quantitative estimate of drug-likeness (QED) is 0.291. The van der Waals surface area contributed by atoms with E-state index in [1.165, 1.54) is 18.4 Å². The Morgan fingerprint density at radius 1 is 0.967 bits per heavy atom. The van der Waals surface area contributed by atoms with E-state index in [0.717, 1.165) is 41.1 Å². The highest BCUT2D eigenvalue weighted by Crippen LogP contribution is 2.31. The number of benzene rings is 2. The van der Waals surface area contributed by atoms with Gasteiger partial charge in [0, 0.05) is 25.7 Å². The van der Waals surface area contributed by atoms with Gasteiger partial charge in [-0.3, -0.25) is 4.99 Å². The molecule has 0 amide bonds. The molecule has 0 unspecified atom stereocenters. The second-order valence-electron chi connectivity index (χ2n) is 7.33. The van der Waals surface area contributed by atoms with Crippen LogP contribution in [0.15, 0.2) is 41.4 Å². The van der Waals surface area contributed by atoms with Crippen molar-refractivity contribution in [2.24, 2.45) is 10.9 Å². The van der Waals surface area contributed by atoms with Gasteiger partial charge in [0.25, 0.3) is 0 Å². The molecule has 1 saturated carbocycles. The minimum atomic E-state index is 0. The summed E-state index contributed by atoms with van der Waals surface area (Å²) in [6, 6.07) is 12.2. The lowest BCUT2D eigenvalue weighted by molar-refractivity contribution is 0.296. The van der Waals surface area contributed by atoms with Crippen molar-refractivity contribution in [3.63, 3.8) is 0 Å². The molecule has 0 aromatic heterocycles. The summed E-state index contributed by atoms with van der Waals surface area (Å²) < 4.78 is 16.7. The van der Waals surface area contributed by atoms with Gasteiger partial charge < -0.3 is 24.8 Å². The Balaban J connectivity index is 0.00000320. The van der Waals surface area contributed by atoms with Crippen LogP contribution in [0.3, 0.4) is 0 Å². The highest BCUT2D eigenvalue weighted by atomic mass is 127. The minimum Gasteiger partial charge on any atom is -0.493 e. The zero-order valence-corrected chi connectivity index (χ0v) is 20.5. The van der Waals surface area contributed by atoms with Crippen molar-refractivity contribution >= 4 is 29.9 Å². The number of hydrogen-bond donors (Lipinski definition) is 2. The molecule has 0 radical (unpaired) electrons. The van der Waals surface area contributed by atoms with Crippen LogP contribution in [-0.2, 0) is 13.1 Å². The van der Waals surface area contributed by atoms with Gasteiger partial charge in [-0.05, 0) is 55.0 Å². The third kappa shape index (κ3) is 6.97. The molecular weight excluding hydrogens is 493 g/mol. The lowest BCUT2D eigenvalue weighted by atomic mass is 10.1. The molecule has 0 heterocycles. The maximum atomic E-state index is 6.06. The van der Waals surface area contributed by atoms with Crippen molar-refractivity contribution in [3.8, 4) is 17.2 Å². The summed E-state index contributed by atoms with van der Waals surface area (Å²) in [6.45, 7) is 4.17. The zero-order valence-electron chi connectivity index (χ0n) is 18.2. The van der Waals surface area contributed by atoms with Gasteiger partial charge in [-0.15, -0.1) is 24.0 Å². The molecule has 0 atom stereocenters. The van der Waals surface area contributed by atoms with E-state index in [-0.39, 0.29) is 24.0 Å². The van der Waals surface area contributed by atoms with Gasteiger partial charge in [0.1, 0.15) is 5.75 Å². The second-order valence-corrected chi connectivity index (χ2v) is 7.33. The molecule has 0 spiro atoms. The van der Waals surface area contributed by atoms with Gasteiger partial charge in [0.05, 0.1) is 20.8 Å². The number of ether oxygens (including phenoxy) is 3. The first-order valence-corrected chi connectivity index (χ1v) is 10.0. The standard InChI is InChI=1S/C23H31N3O3.HI/c1-16-5-9-19(21(11-16)29-15-17-6-7-17)14-26-23(24-2)25-13-18-8-10-20(27-3)22(12-18)28-4;/h5,8-12,17H,6-7,13-15H2,1-4H3,(H2,24,25,26);1H. The topological polar surface area (TPSA) is 64.1 Å². The molecule has 1 aliphatic carbocycles. The van der Waals surface area contributed by atoms with Crippen LogP contribution in [0.5, 0.6) is 17.2 Å². The van der Waals surface area contributed by atoms with Crippen LogP contribution in [0.2, 0.25) is 0 Å². The number of halogens is 1. The molecule has 6 nitrogen and oxygen atoms in total. The number of nitrogens with zero attached hydrogens (tertiary/aromatic N) is 1. The average molecular weight is 525 g/mol. The summed E-state index contributed by atoms with van der Waals surface area (Å²) in [6.07, 6.45) is 2.57. The summed E-state index contributed by atoms with van der Waals surface area (Å²) in [5.74, 6) is 3.85. The van der Waals surface area contributed by atoms with Crippen LogP contribution < -0.4 is 24.8 Å². The molecule has 0 bridgehead atoms. The van der Waals surface area contributed by atoms with Gasteiger partial charge in [-0.2, -0.15) is 0 Å². The molecule has 1 aliphatic rings. The lowest BCUT2D eigenvalue weighted by Crippen LogP contribution is -2.36. The van der Waals surface area contributed by atoms with Crippen LogP contribution >= 0.6 is 24.0 Å². The molecule has 1 fully saturated rings. The van der Waals surface area contributed by atoms with E-state index in [1.807, 2.05) is 18.2 Å². The van der Waals surface area contributed by atoms with E-state index in [1.54, 1.807) is 21.3 Å². The molecule has 7 heteroatoms. The van der Waals surface area contributed by atoms with Crippen molar-refractivity contribution < 1.29 is 14.2 Å². The summed E-state index contributed by atoms with van der Waals surface area (Å²) >= 11 is 0. The molecule has 3 rings (SSSR count). The molecule has 2 aromatic carbocycles. The third-order valence-electron chi connectivity index (χ3n) is 4.97. The maximum absolute atomic E-state index is 6.06. The molecule has 30 heavy (non-hydrogen) atoms. The van der Waals surface area contributed by atoms with Gasteiger partial charge in [0.15, 0.2) is 17.5 Å². The number of aliphatic imine (C=N–C) groups is 1. The largest absolute Gasteiger partial charge is 0.493 e. The van der Waals surface area contributed by atoms with Crippen LogP contribution in [0.4, 0.5) is 0 Å². The van der Waals surface area contributed by atoms with E-state index in [0.29, 0.717) is 18.8 Å². The molecule has 0 saturated heterocycles. The summed E-state index contributed by atoms with van der Waals surface area (Å²) in [7, 11) is 5.04. The van der Waals surface area contributed by atoms with Crippen LogP contribution in [-0.4, -0.2) is 33.8 Å². The number of guanidine groups is 1. The Hall–Kier alpha value is -2.16. The van der Waals surface area contributed by atoms with E-state index >= 15 is 0 Å². The van der Waals surface area contributed by atoms with Crippen LogP contribution in [0.25, 0.3) is 0 Å². The predicted molar refractivity (Wildman–Crippen MR) is 131 cm³/mol. The number of methoxy groups -OCH3 is 2. The Bertz CT molecular complexity index is 854. The summed E-state index contributed by atoms with van der Waals surface area (Å²) in [4.78, 5) is 4.32. The van der Waals surface area contributed by atoms with E-state index < -0.39 is 0 Å². The normalized spacial score (nSPS) is 13.3. The zero-order chi connectivity index (χ0) is 20.6. The third-order valence-corrected chi connectivity index (χ3v) is 4.97. The molecule has 0 aliphatic heterocycles. The van der Waals surface area contributed by atoms with Crippen molar-refractivity contribution in [1.82, 2.24) is 10.6 Å². The van der Waals surface area contributed by atoms with Crippen LogP contribution in [0, 0.1) is 12.8 Å². The van der Waals surface area contributed by atoms with E-state index in [4.69, 9.17) is 14.2 Å². The number of nitrogens with one attached hydrogen (secondary N) is 2.